The Morgan fingerprint density at radius 2 is 2.00 bits per heavy atom. The first kappa shape index (κ1) is 20.9. The van der Waals surface area contributed by atoms with E-state index in [1.165, 1.54) is 12.1 Å². The van der Waals surface area contributed by atoms with Crippen LogP contribution in [0.1, 0.15) is 24.9 Å². The fourth-order valence-corrected chi connectivity index (χ4v) is 3.95. The van der Waals surface area contributed by atoms with Crippen LogP contribution in [-0.4, -0.2) is 41.5 Å². The van der Waals surface area contributed by atoms with Crippen molar-refractivity contribution in [2.45, 2.75) is 24.3 Å². The second kappa shape index (κ2) is 8.65. The normalized spacial score (nSPS) is 17.3. The van der Waals surface area contributed by atoms with Crippen LogP contribution in [0.25, 0.3) is 0 Å². The molecule has 0 spiro atoms. The minimum atomic E-state index is -0.450. The van der Waals surface area contributed by atoms with Gasteiger partial charge in [0.05, 0.1) is 16.9 Å². The number of carbonyl (C=O) groups excluding carboxylic acids is 2. The Kier molecular flexibility index (Phi) is 6.22. The first-order chi connectivity index (χ1) is 13.8. The third-order valence-corrected chi connectivity index (χ3v) is 6.06. The van der Waals surface area contributed by atoms with Gasteiger partial charge in [0.25, 0.3) is 5.69 Å². The van der Waals surface area contributed by atoms with Crippen LogP contribution in [0.5, 0.6) is 0 Å². The van der Waals surface area contributed by atoms with E-state index in [0.717, 1.165) is 10.6 Å². The fraction of sp³-hybridized carbons (Fsp3) is 0.333. The number of amides is 2. The van der Waals surface area contributed by atoms with Crippen molar-refractivity contribution < 1.29 is 14.5 Å². The van der Waals surface area contributed by atoms with Gasteiger partial charge in [0.15, 0.2) is 0 Å². The van der Waals surface area contributed by atoms with Gasteiger partial charge in [-0.3, -0.25) is 19.7 Å². The molecule has 8 heteroatoms. The zero-order valence-electron chi connectivity index (χ0n) is 16.6. The highest BCUT2D eigenvalue weighted by Crippen LogP contribution is 2.31. The van der Waals surface area contributed by atoms with E-state index >= 15 is 0 Å². The Bertz CT molecular complexity index is 949. The predicted octanol–water partition coefficient (Wildman–Crippen LogP) is 3.89. The Hall–Kier alpha value is -2.87. The molecule has 0 radical (unpaired) electrons. The topological polar surface area (TPSA) is 83.8 Å². The number of anilines is 1. The molecule has 0 N–H and O–H groups in total. The van der Waals surface area contributed by atoms with Crippen molar-refractivity contribution >= 4 is 35.0 Å². The number of nitrogens with zero attached hydrogens (tertiary/aromatic N) is 3. The zero-order valence-corrected chi connectivity index (χ0v) is 17.4. The summed E-state index contributed by atoms with van der Waals surface area (Å²) in [6, 6.07) is 13.6. The van der Waals surface area contributed by atoms with Crippen LogP contribution in [0.2, 0.25) is 0 Å². The largest absolute Gasteiger partial charge is 0.339 e. The number of carbonyl (C=O) groups is 2. The summed E-state index contributed by atoms with van der Waals surface area (Å²) in [6.45, 7) is 2.16. The van der Waals surface area contributed by atoms with Crippen LogP contribution in [0.15, 0.2) is 53.4 Å². The lowest BCUT2D eigenvalue weighted by Crippen LogP contribution is -2.36. The van der Waals surface area contributed by atoms with Gasteiger partial charge < -0.3 is 9.80 Å². The van der Waals surface area contributed by atoms with Crippen molar-refractivity contribution in [2.75, 3.05) is 24.7 Å². The Morgan fingerprint density at radius 1 is 1.28 bits per heavy atom. The van der Waals surface area contributed by atoms with Crippen molar-refractivity contribution in [3.63, 3.8) is 0 Å². The maximum Gasteiger partial charge on any atom is 0.269 e. The number of nitro benzene ring substituents is 1. The maximum absolute atomic E-state index is 13.0. The van der Waals surface area contributed by atoms with Gasteiger partial charge in [0, 0.05) is 42.7 Å². The van der Waals surface area contributed by atoms with Gasteiger partial charge in [-0.2, -0.15) is 0 Å². The molecule has 2 amide bonds. The van der Waals surface area contributed by atoms with Gasteiger partial charge in [-0.05, 0) is 36.9 Å². The lowest BCUT2D eigenvalue weighted by Gasteiger charge is -2.27. The van der Waals surface area contributed by atoms with Crippen molar-refractivity contribution in [1.82, 2.24) is 4.90 Å². The van der Waals surface area contributed by atoms with Gasteiger partial charge in [0.2, 0.25) is 11.8 Å². The van der Waals surface area contributed by atoms with Crippen molar-refractivity contribution in [3.8, 4) is 0 Å². The molecule has 1 fully saturated rings. The van der Waals surface area contributed by atoms with E-state index in [9.17, 15) is 19.7 Å². The molecule has 2 aromatic carbocycles. The summed E-state index contributed by atoms with van der Waals surface area (Å²) >= 11 is 1.60. The average molecular weight is 413 g/mol. The van der Waals surface area contributed by atoms with Crippen LogP contribution in [-0.2, 0) is 9.59 Å². The minimum absolute atomic E-state index is 0.00825. The van der Waals surface area contributed by atoms with Crippen molar-refractivity contribution in [2.24, 2.45) is 5.92 Å². The SMILES string of the molecule is CSc1cccc(N2C[C@@H](C(=O)N(C)[C@@H](C)c3cccc([N+](=O)[O-])c3)CC2=O)c1. The summed E-state index contributed by atoms with van der Waals surface area (Å²) in [4.78, 5) is 40.4. The molecule has 152 valence electrons. The Labute approximate surface area is 173 Å². The smallest absolute Gasteiger partial charge is 0.269 e. The molecular formula is C21H23N3O4S. The number of hydrogen-bond acceptors (Lipinski definition) is 5. The van der Waals surface area contributed by atoms with Crippen LogP contribution < -0.4 is 4.90 Å². The van der Waals surface area contributed by atoms with Gasteiger partial charge >= 0.3 is 0 Å². The highest BCUT2D eigenvalue weighted by atomic mass is 32.2. The van der Waals surface area contributed by atoms with E-state index in [4.69, 9.17) is 0 Å². The second-order valence-electron chi connectivity index (χ2n) is 7.08. The molecule has 1 aliphatic rings. The lowest BCUT2D eigenvalue weighted by atomic mass is 10.0. The van der Waals surface area contributed by atoms with Crippen molar-refractivity contribution in [3.05, 3.63) is 64.2 Å². The first-order valence-corrected chi connectivity index (χ1v) is 10.5. The summed E-state index contributed by atoms with van der Waals surface area (Å²) in [5, 5.41) is 11.0. The van der Waals surface area contributed by atoms with Crippen molar-refractivity contribution in [1.29, 1.82) is 0 Å². The number of non-ortho nitro benzene ring substituents is 1. The molecule has 0 aliphatic carbocycles. The Balaban J connectivity index is 1.73. The number of hydrogen-bond donors (Lipinski definition) is 0. The molecule has 1 aliphatic heterocycles. The molecule has 1 saturated heterocycles. The standard InChI is InChI=1S/C21H23N3O4S/c1-14(15-6-4-8-18(10-15)24(27)28)22(2)21(26)16-11-20(25)23(13-16)17-7-5-9-19(12-17)29-3/h4-10,12,14,16H,11,13H2,1-3H3/t14-,16-/m0/s1. The van der Waals surface area contributed by atoms with Gasteiger partial charge in [-0.1, -0.05) is 18.2 Å². The van der Waals surface area contributed by atoms with E-state index < -0.39 is 10.8 Å². The number of nitro groups is 1. The molecule has 1 heterocycles. The van der Waals surface area contributed by atoms with Crippen LogP contribution in [0.3, 0.4) is 0 Å². The quantitative estimate of drug-likeness (QED) is 0.408. The molecule has 3 rings (SSSR count). The monoisotopic (exact) mass is 413 g/mol. The first-order valence-electron chi connectivity index (χ1n) is 9.27. The second-order valence-corrected chi connectivity index (χ2v) is 7.96. The van der Waals surface area contributed by atoms with E-state index in [0.29, 0.717) is 12.1 Å². The summed E-state index contributed by atoms with van der Waals surface area (Å²) < 4.78 is 0. The maximum atomic E-state index is 13.0. The molecule has 29 heavy (non-hydrogen) atoms. The predicted molar refractivity (Wildman–Crippen MR) is 113 cm³/mol. The molecule has 0 unspecified atom stereocenters. The summed E-state index contributed by atoms with van der Waals surface area (Å²) in [5.74, 6) is -0.648. The van der Waals surface area contributed by atoms with E-state index in [-0.39, 0.29) is 30.0 Å². The van der Waals surface area contributed by atoms with Gasteiger partial charge in [-0.15, -0.1) is 11.8 Å². The summed E-state index contributed by atoms with van der Waals surface area (Å²) in [5.41, 5.74) is 1.47. The van der Waals surface area contributed by atoms with Crippen LogP contribution >= 0.6 is 11.8 Å². The highest BCUT2D eigenvalue weighted by molar-refractivity contribution is 7.98. The number of benzene rings is 2. The molecule has 0 saturated carbocycles. The molecule has 2 atom stereocenters. The average Bonchev–Trinajstić information content (AvgIpc) is 3.13. The molecule has 0 aromatic heterocycles. The van der Waals surface area contributed by atoms with E-state index in [1.54, 1.807) is 40.7 Å². The third kappa shape index (κ3) is 4.42. The summed E-state index contributed by atoms with van der Waals surface area (Å²) in [7, 11) is 1.67. The molecule has 7 nitrogen and oxygen atoms in total. The van der Waals surface area contributed by atoms with E-state index in [1.807, 2.05) is 37.4 Å². The zero-order chi connectivity index (χ0) is 21.1. The van der Waals surface area contributed by atoms with Crippen LogP contribution in [0.4, 0.5) is 11.4 Å². The number of rotatable bonds is 6. The third-order valence-electron chi connectivity index (χ3n) is 5.33. The summed E-state index contributed by atoms with van der Waals surface area (Å²) in [6.07, 6.45) is 2.13. The number of thioether (sulfide) groups is 1. The lowest BCUT2D eigenvalue weighted by molar-refractivity contribution is -0.384. The Morgan fingerprint density at radius 3 is 2.69 bits per heavy atom. The van der Waals surface area contributed by atoms with Gasteiger partial charge in [0.1, 0.15) is 0 Å². The minimum Gasteiger partial charge on any atom is -0.339 e. The molecule has 2 aromatic rings. The highest BCUT2D eigenvalue weighted by Gasteiger charge is 2.37. The molecular weight excluding hydrogens is 390 g/mol. The fourth-order valence-electron chi connectivity index (χ4n) is 3.50. The molecule has 0 bridgehead atoms. The van der Waals surface area contributed by atoms with Crippen LogP contribution in [0, 0.1) is 16.0 Å². The van der Waals surface area contributed by atoms with Gasteiger partial charge in [-0.25, -0.2) is 0 Å². The van der Waals surface area contributed by atoms with E-state index in [2.05, 4.69) is 0 Å².